The fourth-order valence-electron chi connectivity index (χ4n) is 2.53. The van der Waals surface area contributed by atoms with Gasteiger partial charge in [-0.25, -0.2) is 4.68 Å². The molecule has 2 aromatic rings. The second kappa shape index (κ2) is 8.33. The van der Waals surface area contributed by atoms with Gasteiger partial charge in [-0.05, 0) is 50.4 Å². The van der Waals surface area contributed by atoms with Gasteiger partial charge in [-0.1, -0.05) is 11.3 Å². The van der Waals surface area contributed by atoms with Crippen molar-refractivity contribution in [2.24, 2.45) is 0 Å². The zero-order valence-electron chi connectivity index (χ0n) is 12.9. The number of benzene rings is 1. The summed E-state index contributed by atoms with van der Waals surface area (Å²) in [5.41, 5.74) is 1.13. The number of hydrogen-bond acceptors (Lipinski definition) is 5. The lowest BCUT2D eigenvalue weighted by Gasteiger charge is -2.22. The van der Waals surface area contributed by atoms with E-state index in [4.69, 9.17) is 0 Å². The maximum Gasteiger partial charge on any atom is 0.277 e. The van der Waals surface area contributed by atoms with Crippen LogP contribution in [0.25, 0.3) is 0 Å². The molecule has 1 aromatic heterocycles. The number of halogens is 1. The van der Waals surface area contributed by atoms with Gasteiger partial charge in [0, 0.05) is 10.6 Å². The van der Waals surface area contributed by atoms with Gasteiger partial charge in [0.25, 0.3) is 5.91 Å². The molecule has 0 spiro atoms. The number of nitrogens with one attached hydrogen (secondary N) is 2. The number of anilines is 1. The molecule has 1 fully saturated rings. The fourth-order valence-corrected chi connectivity index (χ4v) is 2.99. The van der Waals surface area contributed by atoms with Crippen LogP contribution in [0.15, 0.2) is 35.4 Å². The molecule has 0 saturated carbocycles. The van der Waals surface area contributed by atoms with Gasteiger partial charge < -0.3 is 10.6 Å². The van der Waals surface area contributed by atoms with E-state index in [2.05, 4.69) is 20.9 Å². The molecule has 1 amide bonds. The van der Waals surface area contributed by atoms with Crippen molar-refractivity contribution in [3.8, 4) is 0 Å². The van der Waals surface area contributed by atoms with Crippen molar-refractivity contribution in [1.82, 2.24) is 20.3 Å². The first-order valence-electron chi connectivity index (χ1n) is 7.34. The summed E-state index contributed by atoms with van der Waals surface area (Å²) in [4.78, 5) is 13.4. The largest absolute Gasteiger partial charge is 0.321 e. The molecule has 0 radical (unpaired) electrons. The SMILES string of the molecule is CSc1cccc(NC(=O)c2cn(C3CCNCC3)nn2)c1.Cl. The van der Waals surface area contributed by atoms with E-state index in [0.29, 0.717) is 11.7 Å². The van der Waals surface area contributed by atoms with Crippen LogP contribution < -0.4 is 10.6 Å². The number of thioether (sulfide) groups is 1. The van der Waals surface area contributed by atoms with Crippen molar-refractivity contribution in [2.45, 2.75) is 23.8 Å². The van der Waals surface area contributed by atoms with Gasteiger partial charge in [0.2, 0.25) is 0 Å². The third-order valence-electron chi connectivity index (χ3n) is 3.75. The Morgan fingerprint density at radius 2 is 2.17 bits per heavy atom. The Balaban J connectivity index is 0.00000192. The van der Waals surface area contributed by atoms with Gasteiger partial charge in [0.15, 0.2) is 5.69 Å². The molecule has 8 heteroatoms. The van der Waals surface area contributed by atoms with Gasteiger partial charge in [-0.3, -0.25) is 4.79 Å². The van der Waals surface area contributed by atoms with Crippen LogP contribution in [0.1, 0.15) is 29.4 Å². The van der Waals surface area contributed by atoms with Crippen molar-refractivity contribution >= 4 is 35.8 Å². The molecule has 2 heterocycles. The normalized spacial score (nSPS) is 15.0. The average molecular weight is 354 g/mol. The summed E-state index contributed by atoms with van der Waals surface area (Å²) in [5, 5.41) is 14.3. The van der Waals surface area contributed by atoms with Crippen LogP contribution in [0.4, 0.5) is 5.69 Å². The quantitative estimate of drug-likeness (QED) is 0.827. The number of nitrogens with zero attached hydrogens (tertiary/aromatic N) is 3. The molecule has 124 valence electrons. The van der Waals surface area contributed by atoms with Gasteiger partial charge in [0.05, 0.1) is 12.2 Å². The number of amides is 1. The zero-order valence-corrected chi connectivity index (χ0v) is 14.5. The molecule has 6 nitrogen and oxygen atoms in total. The van der Waals surface area contributed by atoms with E-state index >= 15 is 0 Å². The lowest BCUT2D eigenvalue weighted by atomic mass is 10.1. The molecule has 0 bridgehead atoms. The Morgan fingerprint density at radius 3 is 2.91 bits per heavy atom. The number of carbonyl (C=O) groups is 1. The highest BCUT2D eigenvalue weighted by molar-refractivity contribution is 7.98. The van der Waals surface area contributed by atoms with Gasteiger partial charge >= 0.3 is 0 Å². The molecule has 1 aromatic carbocycles. The van der Waals surface area contributed by atoms with E-state index in [9.17, 15) is 4.79 Å². The highest BCUT2D eigenvalue weighted by Gasteiger charge is 2.18. The Bertz CT molecular complexity index is 657. The van der Waals surface area contributed by atoms with Crippen LogP contribution in [0.2, 0.25) is 0 Å². The van der Waals surface area contributed by atoms with Crippen LogP contribution in [0, 0.1) is 0 Å². The summed E-state index contributed by atoms with van der Waals surface area (Å²) in [6, 6.07) is 8.07. The summed E-state index contributed by atoms with van der Waals surface area (Å²) in [6.07, 6.45) is 5.77. The highest BCUT2D eigenvalue weighted by atomic mass is 35.5. The second-order valence-corrected chi connectivity index (χ2v) is 6.13. The Hall–Kier alpha value is -1.57. The molecule has 3 rings (SSSR count). The molecule has 1 aliphatic rings. The standard InChI is InChI=1S/C15H19N5OS.ClH/c1-22-13-4-2-3-11(9-13)17-15(21)14-10-20(19-18-14)12-5-7-16-8-6-12;/h2-4,9-10,12,16H,5-8H2,1H3,(H,17,21);1H. The van der Waals surface area contributed by atoms with Crippen molar-refractivity contribution in [2.75, 3.05) is 24.7 Å². The first kappa shape index (κ1) is 17.8. The Labute approximate surface area is 145 Å². The molecule has 2 N–H and O–H groups in total. The van der Waals surface area contributed by atoms with Crippen molar-refractivity contribution in [3.63, 3.8) is 0 Å². The highest BCUT2D eigenvalue weighted by Crippen LogP contribution is 2.20. The summed E-state index contributed by atoms with van der Waals surface area (Å²) < 4.78 is 1.81. The van der Waals surface area contributed by atoms with Crippen molar-refractivity contribution in [1.29, 1.82) is 0 Å². The van der Waals surface area contributed by atoms with Crippen LogP contribution in [-0.2, 0) is 0 Å². The van der Waals surface area contributed by atoms with E-state index in [1.54, 1.807) is 18.0 Å². The maximum absolute atomic E-state index is 12.3. The summed E-state index contributed by atoms with van der Waals surface area (Å²) in [7, 11) is 0. The zero-order chi connectivity index (χ0) is 15.4. The maximum atomic E-state index is 12.3. The van der Waals surface area contributed by atoms with Gasteiger partial charge in [-0.2, -0.15) is 0 Å². The van der Waals surface area contributed by atoms with Crippen LogP contribution in [0.3, 0.4) is 0 Å². The first-order chi connectivity index (χ1) is 10.8. The van der Waals surface area contributed by atoms with Gasteiger partial charge in [0.1, 0.15) is 0 Å². The number of piperidine rings is 1. The molecule has 23 heavy (non-hydrogen) atoms. The molecular formula is C15H20ClN5OS. The van der Waals surface area contributed by atoms with Crippen LogP contribution >= 0.6 is 24.2 Å². The number of hydrogen-bond donors (Lipinski definition) is 2. The monoisotopic (exact) mass is 353 g/mol. The predicted octanol–water partition coefficient (Wildman–Crippen LogP) is 2.60. The van der Waals surface area contributed by atoms with Crippen molar-refractivity contribution < 1.29 is 4.79 Å². The number of aromatic nitrogens is 3. The number of rotatable bonds is 4. The molecule has 1 aliphatic heterocycles. The lowest BCUT2D eigenvalue weighted by Crippen LogP contribution is -2.29. The molecule has 0 aliphatic carbocycles. The summed E-state index contributed by atoms with van der Waals surface area (Å²) in [6.45, 7) is 1.96. The first-order valence-corrected chi connectivity index (χ1v) is 8.56. The predicted molar refractivity (Wildman–Crippen MR) is 94.6 cm³/mol. The third kappa shape index (κ3) is 4.46. The fraction of sp³-hybridized carbons (Fsp3) is 0.400. The number of carbonyl (C=O) groups excluding carboxylic acids is 1. The minimum atomic E-state index is -0.224. The van der Waals surface area contributed by atoms with E-state index in [0.717, 1.165) is 36.5 Å². The summed E-state index contributed by atoms with van der Waals surface area (Å²) in [5.74, 6) is -0.224. The minimum Gasteiger partial charge on any atom is -0.321 e. The lowest BCUT2D eigenvalue weighted by molar-refractivity contribution is 0.102. The minimum absolute atomic E-state index is 0. The van der Waals surface area contributed by atoms with Crippen LogP contribution in [-0.4, -0.2) is 40.2 Å². The molecule has 0 atom stereocenters. The molecule has 0 unspecified atom stereocenters. The van der Waals surface area contributed by atoms with E-state index < -0.39 is 0 Å². The Kier molecular flexibility index (Phi) is 6.44. The smallest absolute Gasteiger partial charge is 0.277 e. The third-order valence-corrected chi connectivity index (χ3v) is 4.48. The molecule has 1 saturated heterocycles. The van der Waals surface area contributed by atoms with Gasteiger partial charge in [-0.15, -0.1) is 29.3 Å². The topological polar surface area (TPSA) is 71.8 Å². The Morgan fingerprint density at radius 1 is 1.39 bits per heavy atom. The summed E-state index contributed by atoms with van der Waals surface area (Å²) >= 11 is 1.64. The average Bonchev–Trinajstić information content (AvgIpc) is 3.06. The van der Waals surface area contributed by atoms with E-state index in [-0.39, 0.29) is 18.3 Å². The molecular weight excluding hydrogens is 334 g/mol. The second-order valence-electron chi connectivity index (χ2n) is 5.25. The van der Waals surface area contributed by atoms with E-state index in [1.807, 2.05) is 35.2 Å². The van der Waals surface area contributed by atoms with Crippen molar-refractivity contribution in [3.05, 3.63) is 36.2 Å². The van der Waals surface area contributed by atoms with Crippen LogP contribution in [0.5, 0.6) is 0 Å². The van der Waals surface area contributed by atoms with E-state index in [1.165, 1.54) is 0 Å².